The zero-order chi connectivity index (χ0) is 21.1. The molecular formula is C18H16N4O7. The van der Waals surface area contributed by atoms with Gasteiger partial charge in [0.1, 0.15) is 11.4 Å². The molecule has 1 atom stereocenters. The number of amides is 2. The SMILES string of the molecule is CCOc1ccc([C@@H]2CC(=O)N(Nc3ccc([N+](=O)[O-])cc3[N+](=O)[O-])C2=O)cc1. The molecule has 1 N–H and O–H groups in total. The van der Waals surface area contributed by atoms with E-state index in [0.717, 1.165) is 18.2 Å². The number of carbonyl (C=O) groups excluding carboxylic acids is 2. The molecule has 1 saturated heterocycles. The first-order valence-electron chi connectivity index (χ1n) is 8.61. The van der Waals surface area contributed by atoms with Gasteiger partial charge in [-0.05, 0) is 30.7 Å². The lowest BCUT2D eigenvalue weighted by Gasteiger charge is -2.17. The highest BCUT2D eigenvalue weighted by Crippen LogP contribution is 2.34. The van der Waals surface area contributed by atoms with Gasteiger partial charge in [-0.25, -0.2) is 0 Å². The maximum absolute atomic E-state index is 12.7. The minimum absolute atomic E-state index is 0.111. The highest BCUT2D eigenvalue weighted by atomic mass is 16.6. The lowest BCUT2D eigenvalue weighted by atomic mass is 9.98. The minimum atomic E-state index is -0.829. The molecule has 2 aromatic carbocycles. The van der Waals surface area contributed by atoms with Gasteiger partial charge in [0.25, 0.3) is 11.6 Å². The van der Waals surface area contributed by atoms with Crippen molar-refractivity contribution < 1.29 is 24.2 Å². The van der Waals surface area contributed by atoms with Crippen LogP contribution in [-0.2, 0) is 9.59 Å². The molecular weight excluding hydrogens is 384 g/mol. The average molecular weight is 400 g/mol. The third-order valence-corrected chi connectivity index (χ3v) is 4.36. The summed E-state index contributed by atoms with van der Waals surface area (Å²) in [7, 11) is 0. The molecule has 1 fully saturated rings. The maximum Gasteiger partial charge on any atom is 0.300 e. The summed E-state index contributed by atoms with van der Waals surface area (Å²) < 4.78 is 5.35. The molecule has 1 aliphatic heterocycles. The van der Waals surface area contributed by atoms with Crippen molar-refractivity contribution in [1.29, 1.82) is 0 Å². The Morgan fingerprint density at radius 1 is 1.10 bits per heavy atom. The Labute approximate surface area is 164 Å². The van der Waals surface area contributed by atoms with E-state index in [2.05, 4.69) is 5.43 Å². The van der Waals surface area contributed by atoms with Gasteiger partial charge in [0.2, 0.25) is 5.91 Å². The Balaban J connectivity index is 1.83. The van der Waals surface area contributed by atoms with Crippen molar-refractivity contribution in [1.82, 2.24) is 5.01 Å². The Bertz CT molecular complexity index is 990. The van der Waals surface area contributed by atoms with E-state index in [0.29, 0.717) is 22.9 Å². The van der Waals surface area contributed by atoms with E-state index >= 15 is 0 Å². The van der Waals surface area contributed by atoms with Crippen LogP contribution in [0.15, 0.2) is 42.5 Å². The van der Waals surface area contributed by atoms with Crippen LogP contribution < -0.4 is 10.2 Å². The van der Waals surface area contributed by atoms with Crippen LogP contribution in [0.1, 0.15) is 24.8 Å². The molecule has 3 rings (SSSR count). The number of benzene rings is 2. The van der Waals surface area contributed by atoms with E-state index in [1.165, 1.54) is 0 Å². The van der Waals surface area contributed by atoms with Gasteiger partial charge in [-0.15, -0.1) is 0 Å². The molecule has 0 aromatic heterocycles. The Morgan fingerprint density at radius 3 is 2.38 bits per heavy atom. The molecule has 2 amide bonds. The lowest BCUT2D eigenvalue weighted by Crippen LogP contribution is -2.36. The number of nitro benzene ring substituents is 2. The van der Waals surface area contributed by atoms with Crippen LogP contribution in [0.4, 0.5) is 17.1 Å². The summed E-state index contributed by atoms with van der Waals surface area (Å²) in [4.78, 5) is 45.5. The zero-order valence-corrected chi connectivity index (χ0v) is 15.2. The van der Waals surface area contributed by atoms with E-state index in [1.54, 1.807) is 24.3 Å². The lowest BCUT2D eigenvalue weighted by molar-refractivity contribution is -0.393. The molecule has 29 heavy (non-hydrogen) atoms. The number of carbonyl (C=O) groups is 2. The second-order valence-electron chi connectivity index (χ2n) is 6.15. The Morgan fingerprint density at radius 2 is 1.79 bits per heavy atom. The van der Waals surface area contributed by atoms with E-state index in [1.807, 2.05) is 6.92 Å². The van der Waals surface area contributed by atoms with Gasteiger partial charge < -0.3 is 4.74 Å². The summed E-state index contributed by atoms with van der Waals surface area (Å²) in [5.41, 5.74) is 1.74. The van der Waals surface area contributed by atoms with Crippen LogP contribution in [0.3, 0.4) is 0 Å². The second-order valence-corrected chi connectivity index (χ2v) is 6.15. The van der Waals surface area contributed by atoms with Crippen LogP contribution in [0, 0.1) is 20.2 Å². The number of anilines is 1. The van der Waals surface area contributed by atoms with Crippen molar-refractivity contribution in [2.24, 2.45) is 0 Å². The molecule has 150 valence electrons. The molecule has 0 aliphatic carbocycles. The monoisotopic (exact) mass is 400 g/mol. The first kappa shape index (κ1) is 19.7. The first-order valence-corrected chi connectivity index (χ1v) is 8.61. The fourth-order valence-corrected chi connectivity index (χ4v) is 2.97. The summed E-state index contributed by atoms with van der Waals surface area (Å²) in [6.07, 6.45) is -0.111. The number of non-ortho nitro benzene ring substituents is 1. The maximum atomic E-state index is 12.7. The van der Waals surface area contributed by atoms with E-state index in [9.17, 15) is 29.8 Å². The summed E-state index contributed by atoms with van der Waals surface area (Å²) in [6, 6.07) is 9.63. The van der Waals surface area contributed by atoms with Gasteiger partial charge >= 0.3 is 5.69 Å². The normalized spacial score (nSPS) is 16.0. The zero-order valence-electron chi connectivity index (χ0n) is 15.2. The Hall–Kier alpha value is -4.02. The molecule has 11 nitrogen and oxygen atoms in total. The van der Waals surface area contributed by atoms with Gasteiger partial charge in [-0.1, -0.05) is 12.1 Å². The van der Waals surface area contributed by atoms with Gasteiger partial charge in [-0.2, -0.15) is 5.01 Å². The van der Waals surface area contributed by atoms with Crippen LogP contribution in [-0.4, -0.2) is 33.3 Å². The molecule has 0 unspecified atom stereocenters. The highest BCUT2D eigenvalue weighted by Gasteiger charge is 2.40. The van der Waals surface area contributed by atoms with Crippen molar-refractivity contribution >= 4 is 28.9 Å². The topological polar surface area (TPSA) is 145 Å². The highest BCUT2D eigenvalue weighted by molar-refractivity contribution is 6.07. The van der Waals surface area contributed by atoms with Crippen LogP contribution >= 0.6 is 0 Å². The summed E-state index contributed by atoms with van der Waals surface area (Å²) in [5, 5.41) is 22.8. The number of nitrogens with one attached hydrogen (secondary N) is 1. The summed E-state index contributed by atoms with van der Waals surface area (Å²) in [6.45, 7) is 2.33. The molecule has 0 radical (unpaired) electrons. The van der Waals surface area contributed by atoms with Gasteiger partial charge in [0.05, 0.1) is 28.4 Å². The number of hydrazine groups is 1. The van der Waals surface area contributed by atoms with Crippen molar-refractivity contribution in [3.8, 4) is 5.75 Å². The van der Waals surface area contributed by atoms with E-state index in [4.69, 9.17) is 4.74 Å². The summed E-state index contributed by atoms with van der Waals surface area (Å²) in [5.74, 6) is -1.26. The van der Waals surface area contributed by atoms with E-state index in [-0.39, 0.29) is 12.1 Å². The molecule has 11 heteroatoms. The number of hydrogen-bond acceptors (Lipinski definition) is 8. The molecule has 1 heterocycles. The minimum Gasteiger partial charge on any atom is -0.494 e. The number of hydrogen-bond donors (Lipinski definition) is 1. The van der Waals surface area contributed by atoms with Crippen molar-refractivity contribution in [2.75, 3.05) is 12.0 Å². The smallest absolute Gasteiger partial charge is 0.300 e. The Kier molecular flexibility index (Phi) is 5.39. The molecule has 0 saturated carbocycles. The third-order valence-electron chi connectivity index (χ3n) is 4.36. The largest absolute Gasteiger partial charge is 0.494 e. The van der Waals surface area contributed by atoms with Gasteiger partial charge in [0, 0.05) is 12.5 Å². The second kappa shape index (κ2) is 7.92. The number of nitrogens with zero attached hydrogens (tertiary/aromatic N) is 3. The van der Waals surface area contributed by atoms with Crippen LogP contribution in [0.2, 0.25) is 0 Å². The fraction of sp³-hybridized carbons (Fsp3) is 0.222. The summed E-state index contributed by atoms with van der Waals surface area (Å²) >= 11 is 0. The quantitative estimate of drug-likeness (QED) is 0.424. The van der Waals surface area contributed by atoms with E-state index < -0.39 is 39.0 Å². The van der Waals surface area contributed by atoms with Gasteiger partial charge in [0.15, 0.2) is 0 Å². The first-order chi connectivity index (χ1) is 13.8. The molecule has 1 aliphatic rings. The van der Waals surface area contributed by atoms with Crippen LogP contribution in [0.5, 0.6) is 5.75 Å². The molecule has 2 aromatic rings. The van der Waals surface area contributed by atoms with Crippen LogP contribution in [0.25, 0.3) is 0 Å². The van der Waals surface area contributed by atoms with Crippen molar-refractivity contribution in [2.45, 2.75) is 19.3 Å². The van der Waals surface area contributed by atoms with Crippen molar-refractivity contribution in [3.05, 3.63) is 68.3 Å². The molecule has 0 bridgehead atoms. The standard InChI is InChI=1S/C18H16N4O7/c1-2-29-13-6-3-11(4-7-13)14-10-17(23)20(18(14)24)19-15-8-5-12(21(25)26)9-16(15)22(27)28/h3-9,14,19H,2,10H2,1H3/t14-/m0/s1. The molecule has 0 spiro atoms. The fourth-order valence-electron chi connectivity index (χ4n) is 2.97. The number of ether oxygens (including phenoxy) is 1. The predicted molar refractivity (Wildman–Crippen MR) is 100 cm³/mol. The number of rotatable bonds is 7. The number of nitro groups is 2. The average Bonchev–Trinajstić information content (AvgIpc) is 2.97. The predicted octanol–water partition coefficient (Wildman–Crippen LogP) is 2.77. The van der Waals surface area contributed by atoms with Crippen molar-refractivity contribution in [3.63, 3.8) is 0 Å². The third kappa shape index (κ3) is 3.98. The van der Waals surface area contributed by atoms with Gasteiger partial charge in [-0.3, -0.25) is 35.2 Å². The number of imide groups is 1.